The zero-order valence-electron chi connectivity index (χ0n) is 22.7. The molecule has 0 aliphatic heterocycles. The van der Waals surface area contributed by atoms with Gasteiger partial charge in [0.1, 0.15) is 0 Å². The first-order chi connectivity index (χ1) is 15.2. The van der Waals surface area contributed by atoms with E-state index in [-0.39, 0.29) is 12.1 Å². The molecule has 0 spiro atoms. The molecule has 2 nitrogen and oxygen atoms in total. The second kappa shape index (κ2) is 13.1. The lowest BCUT2D eigenvalue weighted by molar-refractivity contribution is -0.133. The van der Waals surface area contributed by atoms with E-state index in [9.17, 15) is 26.3 Å². The van der Waals surface area contributed by atoms with Crippen molar-refractivity contribution in [1.29, 1.82) is 0 Å². The van der Waals surface area contributed by atoms with Crippen LogP contribution < -0.4 is 0 Å². The van der Waals surface area contributed by atoms with Crippen LogP contribution in [-0.4, -0.2) is 48.2 Å². The smallest absolute Gasteiger partial charge is 0.388 e. The number of halogens is 6. The zero-order valence-corrected chi connectivity index (χ0v) is 25.9. The van der Waals surface area contributed by atoms with Gasteiger partial charge in [0.15, 0.2) is 8.32 Å². The van der Waals surface area contributed by atoms with Crippen molar-refractivity contribution in [2.75, 3.05) is 0 Å². The van der Waals surface area contributed by atoms with Gasteiger partial charge in [0, 0.05) is 18.1 Å². The molecular formula is C23H48F6O2Si3. The minimum Gasteiger partial charge on any atom is -0.412 e. The Morgan fingerprint density at radius 3 is 1.59 bits per heavy atom. The molecule has 0 rings (SSSR count). The van der Waals surface area contributed by atoms with Gasteiger partial charge < -0.3 is 8.85 Å². The molecular weight excluding hydrogens is 506 g/mol. The minimum absolute atomic E-state index is 0.0823. The fourth-order valence-electron chi connectivity index (χ4n) is 4.55. The Morgan fingerprint density at radius 2 is 1.21 bits per heavy atom. The van der Waals surface area contributed by atoms with E-state index in [2.05, 4.69) is 13.1 Å². The lowest BCUT2D eigenvalue weighted by atomic mass is 10.2. The number of hydrogen-bond donors (Lipinski definition) is 0. The zero-order chi connectivity index (χ0) is 27.1. The molecule has 0 heterocycles. The molecule has 0 aromatic rings. The molecule has 0 bridgehead atoms. The van der Waals surface area contributed by atoms with E-state index >= 15 is 0 Å². The van der Waals surface area contributed by atoms with Gasteiger partial charge in [-0.15, -0.1) is 0 Å². The van der Waals surface area contributed by atoms with Crippen molar-refractivity contribution in [1.82, 2.24) is 0 Å². The standard InChI is InChI=1S/C23H48F6O2Si3/c1-10-13-17-33(8,18-15-22(24,25)26)31-21(5,12-3)34(9,19-16-23(27,28)29)30-20(4,14-11-2)32(6)7/h32H,10-19H2,1-9H3/t20?,21-,33?,34?/m0/s1. The summed E-state index contributed by atoms with van der Waals surface area (Å²) in [5.41, 5.74) is 0. The molecule has 4 atom stereocenters. The highest BCUT2D eigenvalue weighted by molar-refractivity contribution is 6.79. The van der Waals surface area contributed by atoms with Crippen LogP contribution in [-0.2, 0) is 8.85 Å². The summed E-state index contributed by atoms with van der Waals surface area (Å²) in [5, 5.41) is -1.49. The van der Waals surface area contributed by atoms with E-state index in [4.69, 9.17) is 8.85 Å². The molecule has 34 heavy (non-hydrogen) atoms. The van der Waals surface area contributed by atoms with E-state index in [1.165, 1.54) is 0 Å². The Labute approximate surface area is 207 Å². The average Bonchev–Trinajstić information content (AvgIpc) is 2.68. The molecule has 206 valence electrons. The van der Waals surface area contributed by atoms with Crippen molar-refractivity contribution >= 4 is 25.4 Å². The highest BCUT2D eigenvalue weighted by Gasteiger charge is 2.56. The van der Waals surface area contributed by atoms with Crippen LogP contribution in [0.1, 0.15) is 79.6 Å². The molecule has 0 saturated heterocycles. The molecule has 0 aliphatic carbocycles. The van der Waals surface area contributed by atoms with Crippen molar-refractivity contribution in [2.24, 2.45) is 0 Å². The third-order valence-corrected chi connectivity index (χ3v) is 19.3. The molecule has 0 amide bonds. The lowest BCUT2D eigenvalue weighted by Gasteiger charge is -2.53. The fraction of sp³-hybridized carbons (Fsp3) is 1.00. The third kappa shape index (κ3) is 11.0. The summed E-state index contributed by atoms with van der Waals surface area (Å²) < 4.78 is 93.2. The van der Waals surface area contributed by atoms with Gasteiger partial charge in [-0.2, -0.15) is 26.3 Å². The van der Waals surface area contributed by atoms with E-state index in [0.29, 0.717) is 12.5 Å². The highest BCUT2D eigenvalue weighted by Crippen LogP contribution is 2.44. The summed E-state index contributed by atoms with van der Waals surface area (Å²) in [6.07, 6.45) is -6.92. The Bertz CT molecular complexity index is 604. The van der Waals surface area contributed by atoms with E-state index in [1.807, 2.05) is 47.7 Å². The normalized spacial score (nSPS) is 20.5. The number of unbranched alkanes of at least 4 members (excludes halogenated alkanes) is 1. The summed E-state index contributed by atoms with van der Waals surface area (Å²) in [6, 6.07) is 0.323. The summed E-state index contributed by atoms with van der Waals surface area (Å²) >= 11 is 0. The van der Waals surface area contributed by atoms with Gasteiger partial charge in [0.05, 0.1) is 14.0 Å². The molecule has 0 aliphatic rings. The lowest BCUT2D eigenvalue weighted by Crippen LogP contribution is -2.66. The van der Waals surface area contributed by atoms with Gasteiger partial charge in [-0.3, -0.25) is 0 Å². The molecule has 3 unspecified atom stereocenters. The maximum Gasteiger partial charge on any atom is 0.388 e. The predicted octanol–water partition coefficient (Wildman–Crippen LogP) is 9.17. The number of hydrogen-bond acceptors (Lipinski definition) is 2. The van der Waals surface area contributed by atoms with Crippen LogP contribution >= 0.6 is 0 Å². The fourth-order valence-corrected chi connectivity index (χ4v) is 15.8. The molecule has 0 radical (unpaired) electrons. The van der Waals surface area contributed by atoms with Gasteiger partial charge >= 0.3 is 12.4 Å². The number of alkyl halides is 6. The maximum atomic E-state index is 13.4. The monoisotopic (exact) mass is 554 g/mol. The second-order valence-electron chi connectivity index (χ2n) is 11.0. The van der Waals surface area contributed by atoms with Gasteiger partial charge in [-0.05, 0) is 57.9 Å². The molecule has 0 saturated carbocycles. The second-order valence-corrected chi connectivity index (χ2v) is 22.9. The quantitative estimate of drug-likeness (QED) is 0.140. The van der Waals surface area contributed by atoms with Crippen molar-refractivity contribution < 1.29 is 35.2 Å². The molecule has 0 fully saturated rings. The summed E-state index contributed by atoms with van der Waals surface area (Å²) in [4.78, 5) is 0. The van der Waals surface area contributed by atoms with E-state index < -0.39 is 61.1 Å². The topological polar surface area (TPSA) is 18.5 Å². The molecule has 11 heteroatoms. The molecule has 0 aromatic heterocycles. The first-order valence-corrected chi connectivity index (χ1v) is 21.1. The van der Waals surface area contributed by atoms with Crippen LogP contribution in [0.2, 0.25) is 44.3 Å². The van der Waals surface area contributed by atoms with E-state index in [0.717, 1.165) is 25.7 Å². The molecule has 0 aromatic carbocycles. The minimum atomic E-state index is -4.33. The first kappa shape index (κ1) is 34.2. The van der Waals surface area contributed by atoms with Crippen LogP contribution in [0.25, 0.3) is 0 Å². The summed E-state index contributed by atoms with van der Waals surface area (Å²) in [6.45, 7) is 17.6. The van der Waals surface area contributed by atoms with Crippen LogP contribution in [0.15, 0.2) is 0 Å². The van der Waals surface area contributed by atoms with Crippen molar-refractivity contribution in [2.45, 2.75) is 147 Å². The Balaban J connectivity index is 6.40. The summed E-state index contributed by atoms with van der Waals surface area (Å²) in [7, 11) is -7.54. The van der Waals surface area contributed by atoms with Gasteiger partial charge in [-0.1, -0.05) is 53.1 Å². The van der Waals surface area contributed by atoms with Gasteiger partial charge in [0.2, 0.25) is 8.32 Å². The number of rotatable bonds is 16. The van der Waals surface area contributed by atoms with Crippen LogP contribution in [0.5, 0.6) is 0 Å². The third-order valence-electron chi connectivity index (χ3n) is 7.57. The van der Waals surface area contributed by atoms with Crippen LogP contribution in [0, 0.1) is 0 Å². The maximum absolute atomic E-state index is 13.4. The Morgan fingerprint density at radius 1 is 0.706 bits per heavy atom. The van der Waals surface area contributed by atoms with Crippen LogP contribution in [0.3, 0.4) is 0 Å². The van der Waals surface area contributed by atoms with E-state index in [1.54, 1.807) is 0 Å². The Kier molecular flexibility index (Phi) is 13.2. The SMILES string of the molecule is CCCC[Si](C)(CCC(F)(F)F)O[C@](C)(CC)[Si](C)(CCC(F)(F)F)OC(C)(CCC)[SiH](C)C. The van der Waals surface area contributed by atoms with Crippen LogP contribution in [0.4, 0.5) is 26.3 Å². The van der Waals surface area contributed by atoms with Gasteiger partial charge in [-0.25, -0.2) is 0 Å². The van der Waals surface area contributed by atoms with Crippen molar-refractivity contribution in [3.05, 3.63) is 0 Å². The van der Waals surface area contributed by atoms with Gasteiger partial charge in [0.25, 0.3) is 0 Å². The predicted molar refractivity (Wildman–Crippen MR) is 137 cm³/mol. The average molecular weight is 555 g/mol. The summed E-state index contributed by atoms with van der Waals surface area (Å²) in [5.74, 6) is 0. The van der Waals surface area contributed by atoms with Crippen molar-refractivity contribution in [3.63, 3.8) is 0 Å². The first-order valence-electron chi connectivity index (χ1n) is 12.7. The Hall–Kier alpha value is 0.151. The molecule has 0 N–H and O–H groups in total. The van der Waals surface area contributed by atoms with Crippen molar-refractivity contribution in [3.8, 4) is 0 Å². The highest BCUT2D eigenvalue weighted by atomic mass is 28.4. The largest absolute Gasteiger partial charge is 0.412 e.